The Morgan fingerprint density at radius 3 is 2.60 bits per heavy atom. The predicted octanol–water partition coefficient (Wildman–Crippen LogP) is 3.30. The molecule has 3 rings (SSSR count). The monoisotopic (exact) mass is 344 g/mol. The molecule has 0 aromatic heterocycles. The van der Waals surface area contributed by atoms with Crippen LogP contribution in [0.5, 0.6) is 5.75 Å². The van der Waals surface area contributed by atoms with Crippen molar-refractivity contribution in [3.05, 3.63) is 70.0 Å². The van der Waals surface area contributed by atoms with E-state index in [2.05, 4.69) is 0 Å². The Bertz CT molecular complexity index is 778. The van der Waals surface area contributed by atoms with E-state index in [9.17, 15) is 19.3 Å². The molecule has 0 aliphatic heterocycles. The number of nitro benzene ring substituents is 1. The Labute approximate surface area is 144 Å². The quantitative estimate of drug-likeness (QED) is 0.571. The molecule has 0 bridgehead atoms. The topological polar surface area (TPSA) is 72.7 Å². The molecule has 2 aromatic carbocycles. The first-order valence-electron chi connectivity index (χ1n) is 7.95. The van der Waals surface area contributed by atoms with Crippen LogP contribution in [0, 0.1) is 15.9 Å². The summed E-state index contributed by atoms with van der Waals surface area (Å²) < 4.78 is 18.6. The molecule has 1 fully saturated rings. The highest BCUT2D eigenvalue weighted by atomic mass is 19.1. The number of halogens is 1. The van der Waals surface area contributed by atoms with E-state index < -0.39 is 10.7 Å². The van der Waals surface area contributed by atoms with Crippen LogP contribution in [-0.4, -0.2) is 28.4 Å². The highest BCUT2D eigenvalue weighted by molar-refractivity contribution is 5.78. The van der Waals surface area contributed by atoms with E-state index in [0.717, 1.165) is 36.6 Å². The van der Waals surface area contributed by atoms with Gasteiger partial charge in [-0.15, -0.1) is 0 Å². The van der Waals surface area contributed by atoms with E-state index in [4.69, 9.17) is 4.74 Å². The van der Waals surface area contributed by atoms with Crippen molar-refractivity contribution in [2.24, 2.45) is 0 Å². The smallest absolute Gasteiger partial charge is 0.311 e. The van der Waals surface area contributed by atoms with E-state index in [1.54, 1.807) is 4.90 Å². The molecule has 7 heteroatoms. The van der Waals surface area contributed by atoms with Gasteiger partial charge >= 0.3 is 5.69 Å². The van der Waals surface area contributed by atoms with Crippen molar-refractivity contribution in [1.29, 1.82) is 0 Å². The Hall–Kier alpha value is -2.96. The molecule has 1 saturated carbocycles. The second-order valence-corrected chi connectivity index (χ2v) is 5.90. The molecule has 25 heavy (non-hydrogen) atoms. The van der Waals surface area contributed by atoms with Gasteiger partial charge in [-0.25, -0.2) is 4.39 Å². The lowest BCUT2D eigenvalue weighted by atomic mass is 10.2. The van der Waals surface area contributed by atoms with Gasteiger partial charge in [-0.2, -0.15) is 0 Å². The number of carbonyl (C=O) groups is 1. The average molecular weight is 344 g/mol. The molecular weight excluding hydrogens is 327 g/mol. The SMILES string of the molecule is O=C(COc1cc(F)ccc1[N+](=O)[O-])N(Cc1ccccc1)C1CC1. The molecule has 6 nitrogen and oxygen atoms in total. The van der Waals surface area contributed by atoms with Gasteiger partial charge in [0, 0.05) is 24.7 Å². The van der Waals surface area contributed by atoms with Crippen molar-refractivity contribution >= 4 is 11.6 Å². The van der Waals surface area contributed by atoms with Crippen LogP contribution in [0.4, 0.5) is 10.1 Å². The first kappa shape index (κ1) is 16.9. The second-order valence-electron chi connectivity index (χ2n) is 5.90. The van der Waals surface area contributed by atoms with Gasteiger partial charge in [0.15, 0.2) is 6.61 Å². The number of nitro groups is 1. The van der Waals surface area contributed by atoms with Gasteiger partial charge in [-0.05, 0) is 24.5 Å². The van der Waals surface area contributed by atoms with E-state index in [0.29, 0.717) is 6.54 Å². The van der Waals surface area contributed by atoms with E-state index in [-0.39, 0.29) is 30.0 Å². The van der Waals surface area contributed by atoms with Crippen LogP contribution in [0.15, 0.2) is 48.5 Å². The molecule has 0 unspecified atom stereocenters. The number of hydrogen-bond acceptors (Lipinski definition) is 4. The molecule has 0 heterocycles. The summed E-state index contributed by atoms with van der Waals surface area (Å²) in [5.74, 6) is -1.17. The minimum atomic E-state index is -0.665. The van der Waals surface area contributed by atoms with Crippen LogP contribution in [0.2, 0.25) is 0 Å². The molecule has 0 saturated heterocycles. The Balaban J connectivity index is 1.68. The first-order chi connectivity index (χ1) is 12.0. The highest BCUT2D eigenvalue weighted by Crippen LogP contribution is 2.30. The Morgan fingerprint density at radius 2 is 1.96 bits per heavy atom. The van der Waals surface area contributed by atoms with Crippen molar-refractivity contribution in [2.75, 3.05) is 6.61 Å². The molecule has 1 aliphatic rings. The normalized spacial score (nSPS) is 13.3. The van der Waals surface area contributed by atoms with Gasteiger partial charge in [0.05, 0.1) is 4.92 Å². The van der Waals surface area contributed by atoms with Crippen molar-refractivity contribution in [1.82, 2.24) is 4.90 Å². The Morgan fingerprint density at radius 1 is 1.24 bits per heavy atom. The average Bonchev–Trinajstić information content (AvgIpc) is 3.43. The maximum Gasteiger partial charge on any atom is 0.311 e. The lowest BCUT2D eigenvalue weighted by molar-refractivity contribution is -0.385. The molecule has 1 aliphatic carbocycles. The predicted molar refractivity (Wildman–Crippen MR) is 88.6 cm³/mol. The number of hydrogen-bond donors (Lipinski definition) is 0. The molecule has 0 radical (unpaired) electrons. The van der Waals surface area contributed by atoms with Crippen LogP contribution in [-0.2, 0) is 11.3 Å². The molecule has 0 N–H and O–H groups in total. The largest absolute Gasteiger partial charge is 0.477 e. The summed E-state index contributed by atoms with van der Waals surface area (Å²) in [6.45, 7) is 0.0899. The van der Waals surface area contributed by atoms with Crippen molar-refractivity contribution < 1.29 is 18.8 Å². The number of ether oxygens (including phenoxy) is 1. The summed E-state index contributed by atoms with van der Waals surface area (Å²) in [4.78, 5) is 24.5. The van der Waals surface area contributed by atoms with Crippen LogP contribution in [0.25, 0.3) is 0 Å². The molecule has 1 amide bonds. The zero-order chi connectivity index (χ0) is 17.8. The molecule has 0 atom stereocenters. The number of nitrogens with zero attached hydrogens (tertiary/aromatic N) is 2. The lowest BCUT2D eigenvalue weighted by Gasteiger charge is -2.22. The fourth-order valence-corrected chi connectivity index (χ4v) is 2.56. The Kier molecular flexibility index (Phi) is 4.92. The third kappa shape index (κ3) is 4.32. The van der Waals surface area contributed by atoms with Gasteiger partial charge in [0.25, 0.3) is 5.91 Å². The van der Waals surface area contributed by atoms with Gasteiger partial charge < -0.3 is 9.64 Å². The molecule has 0 spiro atoms. The summed E-state index contributed by atoms with van der Waals surface area (Å²) in [6, 6.07) is 12.7. The highest BCUT2D eigenvalue weighted by Gasteiger charge is 2.33. The third-order valence-electron chi connectivity index (χ3n) is 3.97. The standard InChI is InChI=1S/C18H17FN2O4/c19-14-6-9-16(21(23)24)17(10-14)25-12-18(22)20(15-7-8-15)11-13-4-2-1-3-5-13/h1-6,9-10,15H,7-8,11-12H2. The van der Waals surface area contributed by atoms with Gasteiger partial charge in [-0.3, -0.25) is 14.9 Å². The minimum absolute atomic E-state index is 0.166. The summed E-state index contributed by atoms with van der Waals surface area (Å²) in [6.07, 6.45) is 1.86. The van der Waals surface area contributed by atoms with E-state index in [1.807, 2.05) is 30.3 Å². The fourth-order valence-electron chi connectivity index (χ4n) is 2.56. The van der Waals surface area contributed by atoms with Gasteiger partial charge in [-0.1, -0.05) is 30.3 Å². The lowest BCUT2D eigenvalue weighted by Crippen LogP contribution is -2.36. The van der Waals surface area contributed by atoms with Gasteiger partial charge in [0.1, 0.15) is 5.82 Å². The molecule has 2 aromatic rings. The summed E-state index contributed by atoms with van der Waals surface area (Å²) >= 11 is 0. The first-order valence-corrected chi connectivity index (χ1v) is 7.95. The van der Waals surface area contributed by atoms with Crippen LogP contribution in [0.1, 0.15) is 18.4 Å². The zero-order valence-corrected chi connectivity index (χ0v) is 13.4. The van der Waals surface area contributed by atoms with Crippen molar-refractivity contribution in [2.45, 2.75) is 25.4 Å². The van der Waals surface area contributed by atoms with Crippen molar-refractivity contribution in [3.63, 3.8) is 0 Å². The fraction of sp³-hybridized carbons (Fsp3) is 0.278. The maximum atomic E-state index is 13.3. The van der Waals surface area contributed by atoms with E-state index in [1.165, 1.54) is 0 Å². The second kappa shape index (κ2) is 7.29. The van der Waals surface area contributed by atoms with Gasteiger partial charge in [0.2, 0.25) is 5.75 Å². The zero-order valence-electron chi connectivity index (χ0n) is 13.4. The van der Waals surface area contributed by atoms with Crippen molar-refractivity contribution in [3.8, 4) is 5.75 Å². The van der Waals surface area contributed by atoms with Crippen LogP contribution >= 0.6 is 0 Å². The number of amides is 1. The molecule has 130 valence electrons. The molecular formula is C18H17FN2O4. The summed E-state index contributed by atoms with van der Waals surface area (Å²) in [7, 11) is 0. The summed E-state index contributed by atoms with van der Waals surface area (Å²) in [5, 5.41) is 11.0. The number of rotatable bonds is 7. The third-order valence-corrected chi connectivity index (χ3v) is 3.97. The maximum absolute atomic E-state index is 13.3. The van der Waals surface area contributed by atoms with Crippen LogP contribution in [0.3, 0.4) is 0 Å². The van der Waals surface area contributed by atoms with E-state index >= 15 is 0 Å². The summed E-state index contributed by atoms with van der Waals surface area (Å²) in [5.41, 5.74) is 0.634. The number of benzene rings is 2. The minimum Gasteiger partial charge on any atom is -0.477 e. The number of carbonyl (C=O) groups excluding carboxylic acids is 1. The van der Waals surface area contributed by atoms with Crippen LogP contribution < -0.4 is 4.74 Å².